The second-order valence-corrected chi connectivity index (χ2v) is 5.52. The number of nitrogens with two attached hydrogens (primary N) is 2. The summed E-state index contributed by atoms with van der Waals surface area (Å²) in [7, 11) is -3.73. The molecule has 6 nitrogen and oxygen atoms in total. The summed E-state index contributed by atoms with van der Waals surface area (Å²) in [5.74, 6) is 0.0486. The summed E-state index contributed by atoms with van der Waals surface area (Å²) in [4.78, 5) is 0.00542. The van der Waals surface area contributed by atoms with Gasteiger partial charge in [-0.25, -0.2) is 13.6 Å². The van der Waals surface area contributed by atoms with Gasteiger partial charge in [-0.2, -0.15) is 0 Å². The van der Waals surface area contributed by atoms with Gasteiger partial charge in [0.25, 0.3) is 0 Å². The Morgan fingerprint density at radius 2 is 2.12 bits per heavy atom. The number of anilines is 2. The number of rotatable bonds is 5. The lowest BCUT2D eigenvalue weighted by molar-refractivity contribution is 0.244. The van der Waals surface area contributed by atoms with Gasteiger partial charge in [0, 0.05) is 13.2 Å². The van der Waals surface area contributed by atoms with Gasteiger partial charge >= 0.3 is 0 Å². The summed E-state index contributed by atoms with van der Waals surface area (Å²) in [5, 5.41) is 16.9. The third-order valence-electron chi connectivity index (χ3n) is 2.31. The van der Waals surface area contributed by atoms with Crippen LogP contribution in [0.3, 0.4) is 0 Å². The summed E-state index contributed by atoms with van der Waals surface area (Å²) in [6.07, 6.45) is 0. The molecule has 0 heterocycles. The molecule has 0 saturated carbocycles. The third kappa shape index (κ3) is 3.88. The molecule has 7 heteroatoms. The molecule has 0 aliphatic carbocycles. The number of aliphatic hydroxyl groups excluding tert-OH is 1. The van der Waals surface area contributed by atoms with Crippen molar-refractivity contribution in [2.75, 3.05) is 24.2 Å². The molecule has 17 heavy (non-hydrogen) atoms. The molecule has 0 fully saturated rings. The molecule has 0 saturated heterocycles. The van der Waals surface area contributed by atoms with Crippen LogP contribution in [0.5, 0.6) is 0 Å². The molecule has 0 amide bonds. The minimum Gasteiger partial charge on any atom is -0.397 e. The molecule has 0 aliphatic rings. The zero-order valence-electron chi connectivity index (χ0n) is 9.55. The van der Waals surface area contributed by atoms with Crippen molar-refractivity contribution in [2.45, 2.75) is 11.8 Å². The van der Waals surface area contributed by atoms with E-state index in [2.05, 4.69) is 5.32 Å². The Morgan fingerprint density at radius 3 is 2.65 bits per heavy atom. The van der Waals surface area contributed by atoms with Crippen LogP contribution in [0.4, 0.5) is 11.4 Å². The Morgan fingerprint density at radius 1 is 1.47 bits per heavy atom. The summed E-state index contributed by atoms with van der Waals surface area (Å²) in [5.41, 5.74) is 6.63. The predicted octanol–water partition coefficient (Wildman–Crippen LogP) is -0.0435. The van der Waals surface area contributed by atoms with Gasteiger partial charge in [0.1, 0.15) is 0 Å². The number of benzene rings is 1. The Bertz CT molecular complexity index is 488. The molecule has 6 N–H and O–H groups in total. The van der Waals surface area contributed by atoms with Crippen molar-refractivity contribution >= 4 is 21.4 Å². The first-order valence-electron chi connectivity index (χ1n) is 5.11. The van der Waals surface area contributed by atoms with Crippen molar-refractivity contribution in [3.05, 3.63) is 18.2 Å². The molecule has 0 bridgehead atoms. The number of hydrogen-bond acceptors (Lipinski definition) is 5. The van der Waals surface area contributed by atoms with Crippen molar-refractivity contribution in [3.63, 3.8) is 0 Å². The summed E-state index contributed by atoms with van der Waals surface area (Å²) in [6, 6.07) is 4.21. The summed E-state index contributed by atoms with van der Waals surface area (Å²) in [6.45, 7) is 2.39. The SMILES string of the molecule is CC(CO)CNc1cc(S(N)(=O)=O)ccc1N. The lowest BCUT2D eigenvalue weighted by Crippen LogP contribution is -2.16. The molecule has 1 rings (SSSR count). The smallest absolute Gasteiger partial charge is 0.238 e. The molecule has 0 aromatic heterocycles. The Hall–Kier alpha value is -1.31. The van der Waals surface area contributed by atoms with E-state index in [1.807, 2.05) is 6.92 Å². The fraction of sp³-hybridized carbons (Fsp3) is 0.400. The summed E-state index contributed by atoms with van der Waals surface area (Å²) >= 11 is 0. The number of hydrogen-bond donors (Lipinski definition) is 4. The van der Waals surface area contributed by atoms with Crippen LogP contribution in [0.1, 0.15) is 6.92 Å². The lowest BCUT2D eigenvalue weighted by atomic mass is 10.2. The van der Waals surface area contributed by atoms with Crippen molar-refractivity contribution in [1.82, 2.24) is 0 Å². The maximum Gasteiger partial charge on any atom is 0.238 e. The Balaban J connectivity index is 2.92. The number of primary sulfonamides is 1. The van der Waals surface area contributed by atoms with Crippen LogP contribution < -0.4 is 16.2 Å². The molecular weight excluding hydrogens is 242 g/mol. The fourth-order valence-corrected chi connectivity index (χ4v) is 1.75. The molecule has 1 unspecified atom stereocenters. The van der Waals surface area contributed by atoms with Gasteiger partial charge in [-0.1, -0.05) is 6.92 Å². The maximum absolute atomic E-state index is 11.2. The van der Waals surface area contributed by atoms with Gasteiger partial charge in [0.15, 0.2) is 0 Å². The maximum atomic E-state index is 11.2. The normalized spacial score (nSPS) is 13.4. The van der Waals surface area contributed by atoms with Crippen LogP contribution in [0.2, 0.25) is 0 Å². The molecule has 0 aliphatic heterocycles. The van der Waals surface area contributed by atoms with Crippen LogP contribution in [-0.2, 0) is 10.0 Å². The van der Waals surface area contributed by atoms with Crippen LogP contribution in [-0.4, -0.2) is 26.7 Å². The molecule has 1 atom stereocenters. The van der Waals surface area contributed by atoms with E-state index in [4.69, 9.17) is 16.0 Å². The first-order chi connectivity index (χ1) is 7.84. The monoisotopic (exact) mass is 259 g/mol. The van der Waals surface area contributed by atoms with Gasteiger partial charge in [-0.15, -0.1) is 0 Å². The highest BCUT2D eigenvalue weighted by Crippen LogP contribution is 2.22. The molecular formula is C10H17N3O3S. The molecule has 0 radical (unpaired) electrons. The standard InChI is InChI=1S/C10H17N3O3S/c1-7(6-14)5-13-10-4-8(17(12,15)16)2-3-9(10)11/h2-4,7,13-14H,5-6,11H2,1H3,(H2,12,15,16). The van der Waals surface area contributed by atoms with Crippen LogP contribution in [0, 0.1) is 5.92 Å². The second kappa shape index (κ2) is 5.35. The van der Waals surface area contributed by atoms with E-state index < -0.39 is 10.0 Å². The largest absolute Gasteiger partial charge is 0.397 e. The van der Waals surface area contributed by atoms with Crippen molar-refractivity contribution < 1.29 is 13.5 Å². The Labute approximate surface area is 101 Å². The van der Waals surface area contributed by atoms with E-state index in [9.17, 15) is 8.42 Å². The van der Waals surface area contributed by atoms with Crippen LogP contribution in [0.15, 0.2) is 23.1 Å². The highest BCUT2D eigenvalue weighted by molar-refractivity contribution is 7.89. The van der Waals surface area contributed by atoms with Gasteiger partial charge in [-0.05, 0) is 24.1 Å². The topological polar surface area (TPSA) is 118 Å². The number of nitrogen functional groups attached to an aromatic ring is 1. The minimum atomic E-state index is -3.73. The van der Waals surface area contributed by atoms with E-state index in [0.29, 0.717) is 17.9 Å². The lowest BCUT2D eigenvalue weighted by Gasteiger charge is -2.13. The van der Waals surface area contributed by atoms with Crippen LogP contribution >= 0.6 is 0 Å². The van der Waals surface area contributed by atoms with Gasteiger partial charge in [0.05, 0.1) is 16.3 Å². The van der Waals surface area contributed by atoms with E-state index in [1.54, 1.807) is 0 Å². The number of aliphatic hydroxyl groups is 1. The zero-order valence-corrected chi connectivity index (χ0v) is 10.4. The number of sulfonamides is 1. The van der Waals surface area contributed by atoms with E-state index >= 15 is 0 Å². The first-order valence-corrected chi connectivity index (χ1v) is 6.66. The average molecular weight is 259 g/mol. The van der Waals surface area contributed by atoms with E-state index in [0.717, 1.165) is 0 Å². The van der Waals surface area contributed by atoms with Crippen molar-refractivity contribution in [2.24, 2.45) is 11.1 Å². The van der Waals surface area contributed by atoms with Gasteiger partial charge in [-0.3, -0.25) is 0 Å². The molecule has 0 spiro atoms. The molecule has 96 valence electrons. The van der Waals surface area contributed by atoms with Crippen molar-refractivity contribution in [1.29, 1.82) is 0 Å². The minimum absolute atomic E-state index is 0.00542. The Kier molecular flexibility index (Phi) is 4.33. The average Bonchev–Trinajstić information content (AvgIpc) is 2.26. The molecule has 1 aromatic carbocycles. The second-order valence-electron chi connectivity index (χ2n) is 3.96. The van der Waals surface area contributed by atoms with Gasteiger partial charge in [0.2, 0.25) is 10.0 Å². The van der Waals surface area contributed by atoms with Crippen LogP contribution in [0.25, 0.3) is 0 Å². The fourth-order valence-electron chi connectivity index (χ4n) is 1.21. The highest BCUT2D eigenvalue weighted by atomic mass is 32.2. The quantitative estimate of drug-likeness (QED) is 0.553. The zero-order chi connectivity index (χ0) is 13.1. The van der Waals surface area contributed by atoms with E-state index in [-0.39, 0.29) is 17.4 Å². The van der Waals surface area contributed by atoms with E-state index in [1.165, 1.54) is 18.2 Å². The van der Waals surface area contributed by atoms with Crippen molar-refractivity contribution in [3.8, 4) is 0 Å². The first kappa shape index (κ1) is 13.8. The van der Waals surface area contributed by atoms with Gasteiger partial charge < -0.3 is 16.2 Å². The predicted molar refractivity (Wildman–Crippen MR) is 67.0 cm³/mol. The molecule has 1 aromatic rings. The highest BCUT2D eigenvalue weighted by Gasteiger charge is 2.10. The number of nitrogens with one attached hydrogen (secondary N) is 1. The third-order valence-corrected chi connectivity index (χ3v) is 3.22. The summed E-state index contributed by atoms with van der Waals surface area (Å²) < 4.78 is 22.3.